The monoisotopic (exact) mass is 176 g/mol. The maximum absolute atomic E-state index is 2.37. The first-order chi connectivity index (χ1) is 6.34. The Morgan fingerprint density at radius 3 is 2.54 bits per heavy atom. The molecule has 2 atom stereocenters. The molecular weight excluding hydrogens is 158 g/mol. The molecule has 0 saturated heterocycles. The van der Waals surface area contributed by atoms with Crippen molar-refractivity contribution in [1.82, 2.24) is 0 Å². The quantitative estimate of drug-likeness (QED) is 0.609. The van der Waals surface area contributed by atoms with Crippen LogP contribution in [-0.2, 0) is 6.54 Å². The zero-order chi connectivity index (χ0) is 9.10. The Kier molecular flexibility index (Phi) is 2.62. The lowest BCUT2D eigenvalue weighted by atomic mass is 10.1. The lowest BCUT2D eigenvalue weighted by Crippen LogP contribution is -2.35. The number of hydrogen-bond acceptors (Lipinski definition) is 0. The van der Waals surface area contributed by atoms with Crippen LogP contribution in [0.2, 0.25) is 0 Å². The van der Waals surface area contributed by atoms with Crippen LogP contribution in [0.1, 0.15) is 26.2 Å². The average molecular weight is 176 g/mol. The highest BCUT2D eigenvalue weighted by molar-refractivity contribution is 4.83. The third-order valence-electron chi connectivity index (χ3n) is 3.05. The smallest absolute Gasteiger partial charge is 0.168 e. The molecule has 0 spiro atoms. The number of aromatic nitrogens is 1. The van der Waals surface area contributed by atoms with E-state index in [2.05, 4.69) is 42.1 Å². The van der Waals surface area contributed by atoms with Crippen LogP contribution in [0, 0.1) is 11.8 Å². The maximum atomic E-state index is 2.37. The molecule has 0 amide bonds. The minimum Gasteiger partial charge on any atom is -0.205 e. The lowest BCUT2D eigenvalue weighted by molar-refractivity contribution is -0.703. The fourth-order valence-electron chi connectivity index (χ4n) is 2.34. The van der Waals surface area contributed by atoms with E-state index >= 15 is 0 Å². The molecule has 1 aromatic heterocycles. The summed E-state index contributed by atoms with van der Waals surface area (Å²) in [6, 6.07) is 6.30. The third kappa shape index (κ3) is 2.30. The van der Waals surface area contributed by atoms with Crippen LogP contribution in [0.3, 0.4) is 0 Å². The van der Waals surface area contributed by atoms with Crippen molar-refractivity contribution in [2.24, 2.45) is 11.8 Å². The first-order valence-electron chi connectivity index (χ1n) is 5.28. The predicted octanol–water partition coefficient (Wildman–Crippen LogP) is 2.41. The Morgan fingerprint density at radius 1 is 1.15 bits per heavy atom. The highest BCUT2D eigenvalue weighted by Crippen LogP contribution is 2.30. The largest absolute Gasteiger partial charge is 0.205 e. The molecule has 70 valence electrons. The van der Waals surface area contributed by atoms with Crippen molar-refractivity contribution in [3.63, 3.8) is 0 Å². The van der Waals surface area contributed by atoms with Crippen LogP contribution >= 0.6 is 0 Å². The highest BCUT2D eigenvalue weighted by Gasteiger charge is 2.23. The summed E-state index contributed by atoms with van der Waals surface area (Å²) in [5.41, 5.74) is 0. The number of rotatable bonds is 2. The van der Waals surface area contributed by atoms with Gasteiger partial charge in [0.15, 0.2) is 18.9 Å². The van der Waals surface area contributed by atoms with Crippen molar-refractivity contribution in [3.05, 3.63) is 30.6 Å². The fourth-order valence-corrected chi connectivity index (χ4v) is 2.34. The Hall–Kier alpha value is -0.850. The van der Waals surface area contributed by atoms with Gasteiger partial charge in [0, 0.05) is 18.1 Å². The molecule has 1 aliphatic rings. The van der Waals surface area contributed by atoms with Gasteiger partial charge in [0.05, 0.1) is 0 Å². The molecule has 0 radical (unpaired) electrons. The summed E-state index contributed by atoms with van der Waals surface area (Å²) in [7, 11) is 0. The molecule has 2 unspecified atom stereocenters. The Morgan fingerprint density at radius 2 is 1.92 bits per heavy atom. The molecule has 1 fully saturated rings. The van der Waals surface area contributed by atoms with Gasteiger partial charge in [-0.15, -0.1) is 0 Å². The topological polar surface area (TPSA) is 3.88 Å². The SMILES string of the molecule is CC1CCC(C[n+]2ccccc2)C1. The zero-order valence-electron chi connectivity index (χ0n) is 8.32. The van der Waals surface area contributed by atoms with Gasteiger partial charge in [-0.2, -0.15) is 0 Å². The molecule has 0 aromatic carbocycles. The Bertz CT molecular complexity index is 255. The van der Waals surface area contributed by atoms with E-state index in [0.29, 0.717) is 0 Å². The molecular formula is C12H18N+. The predicted molar refractivity (Wildman–Crippen MR) is 53.1 cm³/mol. The second-order valence-corrected chi connectivity index (χ2v) is 4.36. The van der Waals surface area contributed by atoms with Gasteiger partial charge in [-0.1, -0.05) is 19.4 Å². The van der Waals surface area contributed by atoms with Crippen LogP contribution in [0.5, 0.6) is 0 Å². The third-order valence-corrected chi connectivity index (χ3v) is 3.05. The van der Waals surface area contributed by atoms with E-state index in [1.807, 2.05) is 0 Å². The molecule has 0 bridgehead atoms. The number of pyridine rings is 1. The lowest BCUT2D eigenvalue weighted by Gasteiger charge is -2.04. The van der Waals surface area contributed by atoms with Gasteiger partial charge in [0.1, 0.15) is 0 Å². The van der Waals surface area contributed by atoms with E-state index in [0.717, 1.165) is 11.8 Å². The fraction of sp³-hybridized carbons (Fsp3) is 0.583. The van der Waals surface area contributed by atoms with Gasteiger partial charge in [-0.25, -0.2) is 4.57 Å². The minimum absolute atomic E-state index is 0.919. The van der Waals surface area contributed by atoms with E-state index in [1.54, 1.807) is 0 Å². The van der Waals surface area contributed by atoms with Gasteiger partial charge in [0.25, 0.3) is 0 Å². The molecule has 13 heavy (non-hydrogen) atoms. The van der Waals surface area contributed by atoms with Gasteiger partial charge in [-0.05, 0) is 18.8 Å². The highest BCUT2D eigenvalue weighted by atomic mass is 14.9. The molecule has 1 aliphatic carbocycles. The summed E-state index contributed by atoms with van der Waals surface area (Å²) in [6.07, 6.45) is 8.61. The molecule has 1 heteroatoms. The Balaban J connectivity index is 1.92. The number of nitrogens with zero attached hydrogens (tertiary/aromatic N) is 1. The summed E-state index contributed by atoms with van der Waals surface area (Å²) < 4.78 is 2.31. The van der Waals surface area contributed by atoms with Crippen LogP contribution in [0.4, 0.5) is 0 Å². The van der Waals surface area contributed by atoms with Gasteiger partial charge in [-0.3, -0.25) is 0 Å². The van der Waals surface area contributed by atoms with Crippen molar-refractivity contribution in [3.8, 4) is 0 Å². The van der Waals surface area contributed by atoms with E-state index in [1.165, 1.54) is 25.8 Å². The summed E-state index contributed by atoms with van der Waals surface area (Å²) in [5.74, 6) is 1.87. The van der Waals surface area contributed by atoms with Crippen LogP contribution < -0.4 is 4.57 Å². The van der Waals surface area contributed by atoms with Crippen molar-refractivity contribution in [2.75, 3.05) is 0 Å². The van der Waals surface area contributed by atoms with E-state index in [-0.39, 0.29) is 0 Å². The summed E-state index contributed by atoms with van der Waals surface area (Å²) in [5, 5.41) is 0. The number of hydrogen-bond donors (Lipinski definition) is 0. The summed E-state index contributed by atoms with van der Waals surface area (Å²) in [4.78, 5) is 0. The molecule has 1 aromatic rings. The van der Waals surface area contributed by atoms with E-state index in [9.17, 15) is 0 Å². The van der Waals surface area contributed by atoms with Crippen molar-refractivity contribution < 1.29 is 4.57 Å². The van der Waals surface area contributed by atoms with Gasteiger partial charge in [0.2, 0.25) is 0 Å². The second-order valence-electron chi connectivity index (χ2n) is 4.36. The van der Waals surface area contributed by atoms with Crippen LogP contribution in [-0.4, -0.2) is 0 Å². The molecule has 2 rings (SSSR count). The van der Waals surface area contributed by atoms with Crippen molar-refractivity contribution in [1.29, 1.82) is 0 Å². The van der Waals surface area contributed by atoms with Gasteiger partial charge < -0.3 is 0 Å². The van der Waals surface area contributed by atoms with Crippen LogP contribution in [0.25, 0.3) is 0 Å². The molecule has 0 aliphatic heterocycles. The molecule has 1 nitrogen and oxygen atoms in total. The van der Waals surface area contributed by atoms with E-state index in [4.69, 9.17) is 0 Å². The average Bonchev–Trinajstić information content (AvgIpc) is 2.53. The molecule has 0 N–H and O–H groups in total. The van der Waals surface area contributed by atoms with E-state index < -0.39 is 0 Å². The zero-order valence-corrected chi connectivity index (χ0v) is 8.32. The molecule has 1 saturated carbocycles. The normalized spacial score (nSPS) is 27.8. The summed E-state index contributed by atoms with van der Waals surface area (Å²) in [6.45, 7) is 3.58. The van der Waals surface area contributed by atoms with Gasteiger partial charge >= 0.3 is 0 Å². The maximum Gasteiger partial charge on any atom is 0.168 e. The standard InChI is InChI=1S/C12H18N/c1-11-5-6-12(9-11)10-13-7-3-2-4-8-13/h2-4,7-8,11-12H,5-6,9-10H2,1H3/q+1. The minimum atomic E-state index is 0.919. The van der Waals surface area contributed by atoms with Crippen molar-refractivity contribution in [2.45, 2.75) is 32.7 Å². The first kappa shape index (κ1) is 8.74. The molecule has 1 heterocycles. The summed E-state index contributed by atoms with van der Waals surface area (Å²) >= 11 is 0. The van der Waals surface area contributed by atoms with Crippen molar-refractivity contribution >= 4 is 0 Å². The second kappa shape index (κ2) is 3.91. The first-order valence-corrected chi connectivity index (χ1v) is 5.28. The van der Waals surface area contributed by atoms with Crippen LogP contribution in [0.15, 0.2) is 30.6 Å². The Labute approximate surface area is 80.4 Å².